The maximum Gasteiger partial charge on any atom is 0.343 e. The van der Waals surface area contributed by atoms with Crippen LogP contribution in [0.4, 0.5) is 9.18 Å². The van der Waals surface area contributed by atoms with Crippen LogP contribution in [0.3, 0.4) is 0 Å². The summed E-state index contributed by atoms with van der Waals surface area (Å²) in [7, 11) is 2.97. The molecule has 9 heteroatoms. The first-order valence-corrected chi connectivity index (χ1v) is 11.2. The Bertz CT molecular complexity index is 1300. The Morgan fingerprint density at radius 2 is 1.66 bits per heavy atom. The SMILES string of the molecule is COc1ccc(C(=O)Oc2cc(/C=C3\SC(=O)N(Cc4ccc(F)cc4)C3=O)ccc2OC)cc1. The molecule has 2 amide bonds. The van der Waals surface area contributed by atoms with Crippen molar-refractivity contribution in [2.75, 3.05) is 14.2 Å². The Morgan fingerprint density at radius 1 is 0.943 bits per heavy atom. The van der Waals surface area contributed by atoms with Crippen molar-refractivity contribution in [1.29, 1.82) is 0 Å². The summed E-state index contributed by atoms with van der Waals surface area (Å²) in [4.78, 5) is 39.2. The number of nitrogens with zero attached hydrogens (tertiary/aromatic N) is 1. The molecule has 178 valence electrons. The number of benzene rings is 3. The van der Waals surface area contributed by atoms with Crippen molar-refractivity contribution in [2.45, 2.75) is 6.54 Å². The van der Waals surface area contributed by atoms with Gasteiger partial charge in [-0.25, -0.2) is 9.18 Å². The van der Waals surface area contributed by atoms with E-state index in [0.29, 0.717) is 28.2 Å². The molecule has 0 spiro atoms. The fourth-order valence-corrected chi connectivity index (χ4v) is 4.15. The zero-order valence-electron chi connectivity index (χ0n) is 18.8. The van der Waals surface area contributed by atoms with E-state index in [9.17, 15) is 18.8 Å². The van der Waals surface area contributed by atoms with E-state index in [1.165, 1.54) is 38.5 Å². The number of halogens is 1. The second-order valence-corrected chi connectivity index (χ2v) is 8.42. The molecule has 0 atom stereocenters. The zero-order valence-corrected chi connectivity index (χ0v) is 19.6. The fourth-order valence-electron chi connectivity index (χ4n) is 3.31. The molecule has 1 fully saturated rings. The summed E-state index contributed by atoms with van der Waals surface area (Å²) in [6.45, 7) is 0.0373. The van der Waals surface area contributed by atoms with Crippen molar-refractivity contribution in [3.05, 3.63) is 94.1 Å². The standard InChI is InChI=1S/C26H20FNO6S/c1-32-20-10-6-18(7-11-20)25(30)34-22-13-17(5-12-21(22)33-2)14-23-24(29)28(26(31)35-23)15-16-3-8-19(27)9-4-16/h3-14H,15H2,1-2H3/b23-14-. The summed E-state index contributed by atoms with van der Waals surface area (Å²) in [5.41, 5.74) is 1.49. The zero-order chi connectivity index (χ0) is 24.9. The van der Waals surface area contributed by atoms with Crippen molar-refractivity contribution in [2.24, 2.45) is 0 Å². The number of rotatable bonds is 7. The highest BCUT2D eigenvalue weighted by Gasteiger charge is 2.35. The summed E-state index contributed by atoms with van der Waals surface area (Å²) in [6, 6.07) is 16.9. The largest absolute Gasteiger partial charge is 0.497 e. The van der Waals surface area contributed by atoms with Crippen LogP contribution in [0.2, 0.25) is 0 Å². The summed E-state index contributed by atoms with van der Waals surface area (Å²) < 4.78 is 29.1. The van der Waals surface area contributed by atoms with Crippen molar-refractivity contribution < 1.29 is 33.0 Å². The van der Waals surface area contributed by atoms with Gasteiger partial charge in [0.25, 0.3) is 11.1 Å². The van der Waals surface area contributed by atoms with Gasteiger partial charge in [-0.1, -0.05) is 18.2 Å². The van der Waals surface area contributed by atoms with Crippen LogP contribution in [0.1, 0.15) is 21.5 Å². The molecule has 1 saturated heterocycles. The van der Waals surface area contributed by atoms with Crippen LogP contribution in [0.25, 0.3) is 6.08 Å². The Labute approximate surface area is 205 Å². The van der Waals surface area contributed by atoms with Crippen LogP contribution in [0, 0.1) is 5.82 Å². The van der Waals surface area contributed by atoms with Crippen molar-refractivity contribution >= 4 is 35.0 Å². The molecule has 0 unspecified atom stereocenters. The number of esters is 1. The molecule has 1 aliphatic rings. The van der Waals surface area contributed by atoms with E-state index < -0.39 is 22.9 Å². The quantitative estimate of drug-likeness (QED) is 0.251. The average Bonchev–Trinajstić information content (AvgIpc) is 3.12. The van der Waals surface area contributed by atoms with Crippen LogP contribution in [-0.2, 0) is 11.3 Å². The van der Waals surface area contributed by atoms with Gasteiger partial charge in [-0.05, 0) is 77.5 Å². The third-order valence-corrected chi connectivity index (χ3v) is 6.05. The maximum absolute atomic E-state index is 13.1. The first-order chi connectivity index (χ1) is 16.9. The number of carbonyl (C=O) groups is 3. The lowest BCUT2D eigenvalue weighted by Gasteiger charge is -2.12. The first-order valence-electron chi connectivity index (χ1n) is 10.4. The highest BCUT2D eigenvalue weighted by molar-refractivity contribution is 8.18. The average molecular weight is 494 g/mol. The van der Waals surface area contributed by atoms with E-state index in [1.807, 2.05) is 0 Å². The Hall–Kier alpha value is -4.11. The van der Waals surface area contributed by atoms with E-state index in [0.717, 1.165) is 16.7 Å². The molecule has 1 aliphatic heterocycles. The van der Waals surface area contributed by atoms with Crippen molar-refractivity contribution in [3.63, 3.8) is 0 Å². The van der Waals surface area contributed by atoms with Crippen LogP contribution < -0.4 is 14.2 Å². The number of carbonyl (C=O) groups excluding carboxylic acids is 3. The third-order valence-electron chi connectivity index (χ3n) is 5.14. The number of hydrogen-bond donors (Lipinski definition) is 0. The molecule has 0 radical (unpaired) electrons. The minimum Gasteiger partial charge on any atom is -0.497 e. The van der Waals surface area contributed by atoms with Gasteiger partial charge < -0.3 is 14.2 Å². The first kappa shape index (κ1) is 24.0. The van der Waals surface area contributed by atoms with E-state index in [-0.39, 0.29) is 17.2 Å². The minimum absolute atomic E-state index is 0.0373. The van der Waals surface area contributed by atoms with Gasteiger partial charge in [-0.2, -0.15) is 0 Å². The van der Waals surface area contributed by atoms with Crippen LogP contribution in [0.15, 0.2) is 71.6 Å². The van der Waals surface area contributed by atoms with E-state index in [1.54, 1.807) is 48.5 Å². The van der Waals surface area contributed by atoms with Crippen molar-refractivity contribution in [1.82, 2.24) is 4.90 Å². The predicted octanol–water partition coefficient (Wildman–Crippen LogP) is 5.30. The van der Waals surface area contributed by atoms with Gasteiger partial charge in [0.1, 0.15) is 11.6 Å². The molecule has 0 saturated carbocycles. The topological polar surface area (TPSA) is 82.1 Å². The number of amides is 2. The number of methoxy groups -OCH3 is 2. The summed E-state index contributed by atoms with van der Waals surface area (Å²) >= 11 is 0.803. The lowest BCUT2D eigenvalue weighted by Crippen LogP contribution is -2.27. The molecule has 1 heterocycles. The van der Waals surface area contributed by atoms with Crippen molar-refractivity contribution in [3.8, 4) is 17.2 Å². The molecule has 35 heavy (non-hydrogen) atoms. The summed E-state index contributed by atoms with van der Waals surface area (Å²) in [5, 5.41) is -0.426. The monoisotopic (exact) mass is 493 g/mol. The van der Waals surface area contributed by atoms with Gasteiger partial charge in [0.05, 0.1) is 31.2 Å². The highest BCUT2D eigenvalue weighted by atomic mass is 32.2. The van der Waals surface area contributed by atoms with Gasteiger partial charge in [0, 0.05) is 0 Å². The normalized spacial score (nSPS) is 14.4. The molecule has 4 rings (SSSR count). The number of thioether (sulfide) groups is 1. The van der Waals surface area contributed by atoms with Gasteiger partial charge >= 0.3 is 5.97 Å². The molecule has 3 aromatic rings. The van der Waals surface area contributed by atoms with Crippen LogP contribution >= 0.6 is 11.8 Å². The van der Waals surface area contributed by atoms with Crippen LogP contribution in [-0.4, -0.2) is 36.2 Å². The minimum atomic E-state index is -0.595. The molecule has 0 aromatic heterocycles. The summed E-state index contributed by atoms with van der Waals surface area (Å²) in [6.07, 6.45) is 1.54. The number of imide groups is 1. The van der Waals surface area contributed by atoms with Gasteiger partial charge in [-0.15, -0.1) is 0 Å². The number of hydrogen-bond acceptors (Lipinski definition) is 7. The Balaban J connectivity index is 1.53. The van der Waals surface area contributed by atoms with E-state index in [2.05, 4.69) is 0 Å². The van der Waals surface area contributed by atoms with Gasteiger partial charge in [0.2, 0.25) is 0 Å². The molecule has 7 nitrogen and oxygen atoms in total. The Morgan fingerprint density at radius 3 is 2.31 bits per heavy atom. The molecule has 0 bridgehead atoms. The molecule has 0 N–H and O–H groups in total. The van der Waals surface area contributed by atoms with Gasteiger partial charge in [-0.3, -0.25) is 14.5 Å². The maximum atomic E-state index is 13.1. The second kappa shape index (κ2) is 10.4. The highest BCUT2D eigenvalue weighted by Crippen LogP contribution is 2.35. The molecular weight excluding hydrogens is 473 g/mol. The van der Waals surface area contributed by atoms with Crippen LogP contribution in [0.5, 0.6) is 17.2 Å². The fraction of sp³-hybridized carbons (Fsp3) is 0.115. The molecule has 0 aliphatic carbocycles. The number of ether oxygens (including phenoxy) is 3. The molecule has 3 aromatic carbocycles. The third kappa shape index (κ3) is 5.52. The lowest BCUT2D eigenvalue weighted by atomic mass is 10.1. The van der Waals surface area contributed by atoms with E-state index >= 15 is 0 Å². The predicted molar refractivity (Wildman–Crippen MR) is 129 cm³/mol. The second-order valence-electron chi connectivity index (χ2n) is 7.42. The van der Waals surface area contributed by atoms with Gasteiger partial charge in [0.15, 0.2) is 11.5 Å². The lowest BCUT2D eigenvalue weighted by molar-refractivity contribution is -0.123. The Kier molecular flexibility index (Phi) is 7.17. The molecular formula is C26H20FNO6S. The summed E-state index contributed by atoms with van der Waals surface area (Å²) in [5.74, 6) is -0.360. The smallest absolute Gasteiger partial charge is 0.343 e. The van der Waals surface area contributed by atoms with E-state index in [4.69, 9.17) is 14.2 Å².